The fourth-order valence-electron chi connectivity index (χ4n) is 5.26. The molecule has 0 aliphatic carbocycles. The van der Waals surface area contributed by atoms with Gasteiger partial charge in [0.05, 0.1) is 38.6 Å². The van der Waals surface area contributed by atoms with Gasteiger partial charge in [0.1, 0.15) is 11.5 Å². The molecule has 2 atom stereocenters. The first-order valence-electron chi connectivity index (χ1n) is 11.9. The minimum Gasteiger partial charge on any atom is -0.493 e. The molecule has 0 bridgehead atoms. The van der Waals surface area contributed by atoms with Crippen molar-refractivity contribution >= 4 is 0 Å². The SMILES string of the molecule is CNC[C@@H]1OCCc2ccc3c(c21)OCC3.CNC[C@H]1OCCc2ccc3c(c21)OCC3. The molecule has 32 heavy (non-hydrogen) atoms. The zero-order valence-corrected chi connectivity index (χ0v) is 19.2. The van der Waals surface area contributed by atoms with E-state index in [0.29, 0.717) is 0 Å². The largest absolute Gasteiger partial charge is 0.493 e. The van der Waals surface area contributed by atoms with E-state index in [1.165, 1.54) is 33.4 Å². The Morgan fingerprint density at radius 2 is 1.03 bits per heavy atom. The van der Waals surface area contributed by atoms with Gasteiger partial charge in [-0.15, -0.1) is 0 Å². The summed E-state index contributed by atoms with van der Waals surface area (Å²) in [7, 11) is 3.92. The molecule has 6 nitrogen and oxygen atoms in total. The molecule has 4 heterocycles. The summed E-state index contributed by atoms with van der Waals surface area (Å²) in [5, 5.41) is 6.38. The maximum Gasteiger partial charge on any atom is 0.128 e. The van der Waals surface area contributed by atoms with Gasteiger partial charge in [-0.1, -0.05) is 24.3 Å². The second-order valence-electron chi connectivity index (χ2n) is 8.78. The summed E-state index contributed by atoms with van der Waals surface area (Å²) in [5.41, 5.74) is 8.04. The summed E-state index contributed by atoms with van der Waals surface area (Å²) in [4.78, 5) is 0. The van der Waals surface area contributed by atoms with Crippen molar-refractivity contribution < 1.29 is 18.9 Å². The van der Waals surface area contributed by atoms with E-state index >= 15 is 0 Å². The van der Waals surface area contributed by atoms with Crippen molar-refractivity contribution in [2.45, 2.75) is 37.9 Å². The molecule has 0 fully saturated rings. The molecule has 0 amide bonds. The number of fused-ring (bicyclic) bond motifs is 6. The van der Waals surface area contributed by atoms with Crippen molar-refractivity contribution in [2.75, 3.05) is 53.6 Å². The summed E-state index contributed by atoms with van der Waals surface area (Å²) in [6.07, 6.45) is 4.39. The highest BCUT2D eigenvalue weighted by Gasteiger charge is 2.29. The molecule has 0 radical (unpaired) electrons. The molecule has 172 valence electrons. The van der Waals surface area contributed by atoms with Gasteiger partial charge in [-0.3, -0.25) is 0 Å². The Morgan fingerprint density at radius 1 is 0.625 bits per heavy atom. The monoisotopic (exact) mass is 438 g/mol. The summed E-state index contributed by atoms with van der Waals surface area (Å²) < 4.78 is 23.2. The summed E-state index contributed by atoms with van der Waals surface area (Å²) in [6.45, 7) is 4.98. The second kappa shape index (κ2) is 9.79. The number of benzene rings is 2. The maximum atomic E-state index is 5.83. The lowest BCUT2D eigenvalue weighted by Gasteiger charge is -2.27. The van der Waals surface area contributed by atoms with E-state index in [9.17, 15) is 0 Å². The second-order valence-corrected chi connectivity index (χ2v) is 8.78. The standard InChI is InChI=1S/2C13H17NO2/c2*1-14-8-11-12-9(4-6-15-11)2-3-10-5-7-16-13(10)12/h2*2-3,11,14H,4-8H2,1H3/t2*11-/m10/s1. The van der Waals surface area contributed by atoms with Gasteiger partial charge >= 0.3 is 0 Å². The van der Waals surface area contributed by atoms with Crippen LogP contribution >= 0.6 is 0 Å². The first kappa shape index (κ1) is 21.7. The van der Waals surface area contributed by atoms with Crippen molar-refractivity contribution in [2.24, 2.45) is 0 Å². The van der Waals surface area contributed by atoms with Crippen LogP contribution in [-0.4, -0.2) is 53.6 Å². The van der Waals surface area contributed by atoms with Crippen LogP contribution in [0, 0.1) is 0 Å². The van der Waals surface area contributed by atoms with Crippen LogP contribution in [0.2, 0.25) is 0 Å². The molecule has 2 aromatic rings. The maximum absolute atomic E-state index is 5.83. The first-order chi connectivity index (χ1) is 15.8. The van der Waals surface area contributed by atoms with E-state index in [1.54, 1.807) is 0 Å². The van der Waals surface area contributed by atoms with E-state index in [0.717, 1.165) is 76.7 Å². The molecule has 4 aliphatic heterocycles. The summed E-state index contributed by atoms with van der Waals surface area (Å²) in [5.74, 6) is 2.19. The Bertz CT molecular complexity index is 884. The minimum absolute atomic E-state index is 0.154. The van der Waals surface area contributed by atoms with Gasteiger partial charge < -0.3 is 29.6 Å². The van der Waals surface area contributed by atoms with Crippen LogP contribution in [-0.2, 0) is 35.2 Å². The van der Waals surface area contributed by atoms with Gasteiger partial charge in [-0.25, -0.2) is 0 Å². The predicted octanol–water partition coefficient (Wildman–Crippen LogP) is 2.91. The van der Waals surface area contributed by atoms with Gasteiger partial charge in [-0.2, -0.15) is 0 Å². The molecule has 6 heteroatoms. The van der Waals surface area contributed by atoms with Crippen LogP contribution in [0.4, 0.5) is 0 Å². The number of ether oxygens (including phenoxy) is 4. The summed E-state index contributed by atoms with van der Waals surface area (Å²) in [6, 6.07) is 8.91. The fraction of sp³-hybridized carbons (Fsp3) is 0.538. The highest BCUT2D eigenvalue weighted by atomic mass is 16.5. The molecular formula is C26H34N2O4. The molecule has 6 rings (SSSR count). The van der Waals surface area contributed by atoms with E-state index in [1.807, 2.05) is 14.1 Å². The van der Waals surface area contributed by atoms with Crippen molar-refractivity contribution in [1.82, 2.24) is 10.6 Å². The third kappa shape index (κ3) is 4.13. The quantitative estimate of drug-likeness (QED) is 0.766. The normalized spacial score (nSPS) is 22.4. The zero-order chi connectivity index (χ0) is 21.9. The van der Waals surface area contributed by atoms with Crippen molar-refractivity contribution in [3.8, 4) is 11.5 Å². The van der Waals surface area contributed by atoms with Crippen LogP contribution in [0.25, 0.3) is 0 Å². The number of hydrogen-bond donors (Lipinski definition) is 2. The molecule has 2 N–H and O–H groups in total. The van der Waals surface area contributed by atoms with E-state index in [-0.39, 0.29) is 12.2 Å². The van der Waals surface area contributed by atoms with Gasteiger partial charge in [0.2, 0.25) is 0 Å². The highest BCUT2D eigenvalue weighted by molar-refractivity contribution is 5.51. The Hall–Kier alpha value is -2.12. The molecule has 4 aliphatic rings. The number of nitrogens with one attached hydrogen (secondary N) is 2. The number of rotatable bonds is 4. The smallest absolute Gasteiger partial charge is 0.128 e. The Morgan fingerprint density at radius 3 is 1.47 bits per heavy atom. The average molecular weight is 439 g/mol. The zero-order valence-electron chi connectivity index (χ0n) is 19.2. The van der Waals surface area contributed by atoms with Crippen molar-refractivity contribution in [3.05, 3.63) is 57.6 Å². The molecule has 0 spiro atoms. The summed E-state index contributed by atoms with van der Waals surface area (Å²) >= 11 is 0. The van der Waals surface area contributed by atoms with Crippen LogP contribution in [0.1, 0.15) is 45.6 Å². The fourth-order valence-corrected chi connectivity index (χ4v) is 5.26. The number of hydrogen-bond acceptors (Lipinski definition) is 6. The molecule has 0 saturated heterocycles. The van der Waals surface area contributed by atoms with Crippen LogP contribution in [0.3, 0.4) is 0 Å². The molecule has 2 aromatic carbocycles. The topological polar surface area (TPSA) is 61.0 Å². The highest BCUT2D eigenvalue weighted by Crippen LogP contribution is 2.40. The number of likely N-dealkylation sites (N-methyl/N-ethyl adjacent to an activating group) is 2. The molecule has 0 saturated carbocycles. The van der Waals surface area contributed by atoms with Crippen molar-refractivity contribution in [3.63, 3.8) is 0 Å². The minimum atomic E-state index is 0.154. The Balaban J connectivity index is 0.000000135. The van der Waals surface area contributed by atoms with E-state index < -0.39 is 0 Å². The average Bonchev–Trinajstić information content (AvgIpc) is 3.49. The molecule has 0 aromatic heterocycles. The molecular weight excluding hydrogens is 404 g/mol. The van der Waals surface area contributed by atoms with Gasteiger partial charge in [-0.05, 0) is 49.2 Å². The van der Waals surface area contributed by atoms with Gasteiger partial charge in [0, 0.05) is 37.1 Å². The Labute approximate surface area is 190 Å². The van der Waals surface area contributed by atoms with Crippen LogP contribution in [0.5, 0.6) is 11.5 Å². The predicted molar refractivity (Wildman–Crippen MR) is 124 cm³/mol. The third-order valence-electron chi connectivity index (χ3n) is 6.78. The molecule has 0 unspecified atom stereocenters. The van der Waals surface area contributed by atoms with Gasteiger partial charge in [0.15, 0.2) is 0 Å². The van der Waals surface area contributed by atoms with Crippen LogP contribution < -0.4 is 20.1 Å². The lowest BCUT2D eigenvalue weighted by molar-refractivity contribution is 0.0417. The lowest BCUT2D eigenvalue weighted by atomic mass is 9.93. The van der Waals surface area contributed by atoms with E-state index in [2.05, 4.69) is 34.9 Å². The van der Waals surface area contributed by atoms with Crippen molar-refractivity contribution in [1.29, 1.82) is 0 Å². The Kier molecular flexibility index (Phi) is 6.64. The first-order valence-corrected chi connectivity index (χ1v) is 11.9. The van der Waals surface area contributed by atoms with Gasteiger partial charge in [0.25, 0.3) is 0 Å². The van der Waals surface area contributed by atoms with E-state index in [4.69, 9.17) is 18.9 Å². The lowest BCUT2D eigenvalue weighted by Crippen LogP contribution is -2.25. The third-order valence-corrected chi connectivity index (χ3v) is 6.78. The van der Waals surface area contributed by atoms with Crippen LogP contribution in [0.15, 0.2) is 24.3 Å².